The molecule has 3 aromatic rings. The maximum atomic E-state index is 4.32. The third-order valence-electron chi connectivity index (χ3n) is 2.65. The molecule has 0 unspecified atom stereocenters. The predicted molar refractivity (Wildman–Crippen MR) is 73.1 cm³/mol. The molecule has 6 nitrogen and oxygen atoms in total. The summed E-state index contributed by atoms with van der Waals surface area (Å²) >= 11 is 0. The Morgan fingerprint density at radius 2 is 2.21 bits per heavy atom. The van der Waals surface area contributed by atoms with E-state index in [4.69, 9.17) is 0 Å². The van der Waals surface area contributed by atoms with Gasteiger partial charge in [0.05, 0.1) is 11.6 Å². The molecule has 0 aliphatic rings. The van der Waals surface area contributed by atoms with Crippen LogP contribution in [-0.2, 0) is 0 Å². The Kier molecular flexibility index (Phi) is 2.89. The number of nitrogens with zero attached hydrogens (tertiary/aromatic N) is 5. The van der Waals surface area contributed by atoms with Gasteiger partial charge in [0.15, 0.2) is 11.5 Å². The van der Waals surface area contributed by atoms with Crippen molar-refractivity contribution >= 4 is 16.9 Å². The van der Waals surface area contributed by atoms with Gasteiger partial charge in [0, 0.05) is 12.7 Å². The maximum Gasteiger partial charge on any atom is 0.170 e. The van der Waals surface area contributed by atoms with E-state index in [1.807, 2.05) is 18.2 Å². The average Bonchev–Trinajstić information content (AvgIpc) is 2.90. The zero-order chi connectivity index (χ0) is 13.1. The third kappa shape index (κ3) is 2.03. The number of rotatable bonds is 4. The highest BCUT2D eigenvalue weighted by Gasteiger charge is 2.10. The lowest BCUT2D eigenvalue weighted by Crippen LogP contribution is -2.03. The molecule has 0 amide bonds. The molecule has 1 N–H and O–H groups in total. The SMILES string of the molecule is C=CCNc1ncnc2c1cnn2-c1ccccn1. The van der Waals surface area contributed by atoms with Gasteiger partial charge in [-0.05, 0) is 12.1 Å². The van der Waals surface area contributed by atoms with Crippen molar-refractivity contribution in [1.82, 2.24) is 24.7 Å². The summed E-state index contributed by atoms with van der Waals surface area (Å²) in [6.45, 7) is 4.31. The van der Waals surface area contributed by atoms with Gasteiger partial charge in [-0.2, -0.15) is 9.78 Å². The number of nitrogens with one attached hydrogen (secondary N) is 1. The molecule has 0 aliphatic heterocycles. The summed E-state index contributed by atoms with van der Waals surface area (Å²) in [7, 11) is 0. The van der Waals surface area contributed by atoms with Crippen LogP contribution in [-0.4, -0.2) is 31.3 Å². The summed E-state index contributed by atoms with van der Waals surface area (Å²) in [5.74, 6) is 1.47. The van der Waals surface area contributed by atoms with Crippen molar-refractivity contribution in [2.45, 2.75) is 0 Å². The summed E-state index contributed by atoms with van der Waals surface area (Å²) in [5, 5.41) is 8.34. The van der Waals surface area contributed by atoms with Crippen LogP contribution in [0.2, 0.25) is 0 Å². The van der Waals surface area contributed by atoms with Crippen molar-refractivity contribution in [1.29, 1.82) is 0 Å². The van der Waals surface area contributed by atoms with Crippen molar-refractivity contribution in [2.75, 3.05) is 11.9 Å². The lowest BCUT2D eigenvalue weighted by Gasteiger charge is -2.04. The molecule has 94 valence electrons. The second kappa shape index (κ2) is 4.85. The van der Waals surface area contributed by atoms with Gasteiger partial charge >= 0.3 is 0 Å². The predicted octanol–water partition coefficient (Wildman–Crippen LogP) is 1.81. The van der Waals surface area contributed by atoms with Crippen LogP contribution in [0.15, 0.2) is 49.6 Å². The first kappa shape index (κ1) is 11.3. The van der Waals surface area contributed by atoms with Crippen molar-refractivity contribution in [3.63, 3.8) is 0 Å². The lowest BCUT2D eigenvalue weighted by molar-refractivity contribution is 0.861. The van der Waals surface area contributed by atoms with Gasteiger partial charge in [-0.25, -0.2) is 15.0 Å². The van der Waals surface area contributed by atoms with Crippen molar-refractivity contribution < 1.29 is 0 Å². The second-order valence-electron chi connectivity index (χ2n) is 3.87. The van der Waals surface area contributed by atoms with E-state index in [9.17, 15) is 0 Å². The average molecular weight is 252 g/mol. The number of anilines is 1. The van der Waals surface area contributed by atoms with E-state index in [-0.39, 0.29) is 0 Å². The van der Waals surface area contributed by atoms with Crippen LogP contribution in [0.25, 0.3) is 16.9 Å². The minimum atomic E-state index is 0.640. The molecule has 3 aromatic heterocycles. The van der Waals surface area contributed by atoms with Crippen LogP contribution in [0.5, 0.6) is 0 Å². The molecule has 0 saturated heterocycles. The fraction of sp³-hybridized carbons (Fsp3) is 0.0769. The molecule has 0 radical (unpaired) electrons. The van der Waals surface area contributed by atoms with Crippen molar-refractivity contribution in [3.8, 4) is 5.82 Å². The zero-order valence-electron chi connectivity index (χ0n) is 10.2. The molecule has 19 heavy (non-hydrogen) atoms. The molecule has 0 spiro atoms. The van der Waals surface area contributed by atoms with E-state index < -0.39 is 0 Å². The van der Waals surface area contributed by atoms with Crippen LogP contribution in [0.4, 0.5) is 5.82 Å². The number of aromatic nitrogens is 5. The van der Waals surface area contributed by atoms with Crippen molar-refractivity contribution in [2.24, 2.45) is 0 Å². The Morgan fingerprint density at radius 1 is 1.26 bits per heavy atom. The fourth-order valence-corrected chi connectivity index (χ4v) is 1.80. The third-order valence-corrected chi connectivity index (χ3v) is 2.65. The summed E-state index contributed by atoms with van der Waals surface area (Å²) in [4.78, 5) is 12.7. The second-order valence-corrected chi connectivity index (χ2v) is 3.87. The summed E-state index contributed by atoms with van der Waals surface area (Å²) in [6.07, 6.45) is 6.74. The van der Waals surface area contributed by atoms with Crippen LogP contribution in [0.1, 0.15) is 0 Å². The van der Waals surface area contributed by atoms with Crippen molar-refractivity contribution in [3.05, 3.63) is 49.6 Å². The van der Waals surface area contributed by atoms with Gasteiger partial charge < -0.3 is 5.32 Å². The molecule has 3 heterocycles. The monoisotopic (exact) mass is 252 g/mol. The molecule has 3 rings (SSSR count). The van der Waals surface area contributed by atoms with E-state index in [1.165, 1.54) is 6.33 Å². The smallest absolute Gasteiger partial charge is 0.170 e. The molecule has 0 saturated carbocycles. The standard InChI is InChI=1S/C13H12N6/c1-2-6-15-12-10-8-18-19(13(10)17-9-16-12)11-5-3-4-7-14-11/h2-5,7-9H,1,6H2,(H,15,16,17). The van der Waals surface area contributed by atoms with Crippen LogP contribution in [0.3, 0.4) is 0 Å². The first-order chi connectivity index (χ1) is 9.40. The molecule has 0 fully saturated rings. The van der Waals surface area contributed by atoms with Crippen LogP contribution in [0, 0.1) is 0 Å². The molecular weight excluding hydrogens is 240 g/mol. The van der Waals surface area contributed by atoms with Gasteiger partial charge in [-0.1, -0.05) is 12.1 Å². The van der Waals surface area contributed by atoms with Gasteiger partial charge in [-0.15, -0.1) is 6.58 Å². The fourth-order valence-electron chi connectivity index (χ4n) is 1.80. The Labute approximate surface area is 109 Å². The molecular formula is C13H12N6. The highest BCUT2D eigenvalue weighted by atomic mass is 15.3. The largest absolute Gasteiger partial charge is 0.366 e. The summed E-state index contributed by atoms with van der Waals surface area (Å²) < 4.78 is 1.69. The van der Waals surface area contributed by atoms with E-state index in [0.29, 0.717) is 6.54 Å². The Morgan fingerprint density at radius 3 is 3.00 bits per heavy atom. The Balaban J connectivity index is 2.11. The number of hydrogen-bond donors (Lipinski definition) is 1. The highest BCUT2D eigenvalue weighted by Crippen LogP contribution is 2.20. The number of hydrogen-bond acceptors (Lipinski definition) is 5. The molecule has 0 aliphatic carbocycles. The van der Waals surface area contributed by atoms with Gasteiger partial charge in [0.25, 0.3) is 0 Å². The van der Waals surface area contributed by atoms with E-state index >= 15 is 0 Å². The summed E-state index contributed by atoms with van der Waals surface area (Å²) in [6, 6.07) is 5.65. The zero-order valence-corrected chi connectivity index (χ0v) is 10.2. The molecule has 0 atom stereocenters. The first-order valence-corrected chi connectivity index (χ1v) is 5.85. The summed E-state index contributed by atoms with van der Waals surface area (Å²) in [5.41, 5.74) is 0.722. The van der Waals surface area contributed by atoms with Gasteiger partial charge in [0.2, 0.25) is 0 Å². The quantitative estimate of drug-likeness (QED) is 0.717. The van der Waals surface area contributed by atoms with E-state index in [2.05, 4.69) is 31.9 Å². The highest BCUT2D eigenvalue weighted by molar-refractivity contribution is 5.86. The van der Waals surface area contributed by atoms with Gasteiger partial charge in [0.1, 0.15) is 12.1 Å². The minimum Gasteiger partial charge on any atom is -0.366 e. The minimum absolute atomic E-state index is 0.640. The Bertz CT molecular complexity index is 703. The molecule has 6 heteroatoms. The van der Waals surface area contributed by atoms with Crippen LogP contribution >= 0.6 is 0 Å². The van der Waals surface area contributed by atoms with Gasteiger partial charge in [-0.3, -0.25) is 0 Å². The normalized spacial score (nSPS) is 10.5. The van der Waals surface area contributed by atoms with Crippen LogP contribution < -0.4 is 5.32 Å². The topological polar surface area (TPSA) is 68.5 Å². The number of fused-ring (bicyclic) bond motifs is 1. The van der Waals surface area contributed by atoms with E-state index in [1.54, 1.807) is 23.2 Å². The number of pyridine rings is 1. The molecule has 0 aromatic carbocycles. The Hall–Kier alpha value is -2.76. The maximum absolute atomic E-state index is 4.32. The lowest BCUT2D eigenvalue weighted by atomic mass is 10.4. The first-order valence-electron chi connectivity index (χ1n) is 5.85. The molecule has 0 bridgehead atoms. The van der Waals surface area contributed by atoms with E-state index in [0.717, 1.165) is 22.7 Å².